The van der Waals surface area contributed by atoms with Gasteiger partial charge < -0.3 is 4.74 Å². The minimum Gasteiger partial charge on any atom is -0.405 e. The fraction of sp³-hybridized carbons (Fsp3) is 0.0625. The molecule has 0 aliphatic rings. The third-order valence-corrected chi connectivity index (χ3v) is 3.37. The number of aryl methyl sites for hydroxylation is 1. The molecule has 0 aliphatic carbocycles. The summed E-state index contributed by atoms with van der Waals surface area (Å²) >= 11 is 0. The number of hydrogen-bond donors (Lipinski definition) is 0. The first-order chi connectivity index (χ1) is 11.5. The number of non-ortho nitro benzene ring substituents is 1. The van der Waals surface area contributed by atoms with E-state index in [1.165, 1.54) is 28.7 Å². The lowest BCUT2D eigenvalue weighted by Crippen LogP contribution is -2.16. The van der Waals surface area contributed by atoms with Crippen LogP contribution in [0.3, 0.4) is 0 Å². The second kappa shape index (κ2) is 5.92. The summed E-state index contributed by atoms with van der Waals surface area (Å²) in [6.07, 6.45) is 0. The number of carbonyl (C=O) groups is 1. The van der Waals surface area contributed by atoms with E-state index in [1.54, 1.807) is 25.1 Å². The molecule has 3 aromatic rings. The maximum absolute atomic E-state index is 12.2. The van der Waals surface area contributed by atoms with E-state index in [2.05, 4.69) is 4.98 Å². The molecule has 0 N–H and O–H groups in total. The molecule has 0 radical (unpaired) electrons. The second-order valence-corrected chi connectivity index (χ2v) is 4.99. The van der Waals surface area contributed by atoms with E-state index in [1.807, 2.05) is 0 Å². The molecule has 0 atom stereocenters. The molecule has 24 heavy (non-hydrogen) atoms. The van der Waals surface area contributed by atoms with Gasteiger partial charge in [-0.25, -0.2) is 4.79 Å². The van der Waals surface area contributed by atoms with Crippen LogP contribution < -0.4 is 10.3 Å². The monoisotopic (exact) mass is 325 g/mol. The summed E-state index contributed by atoms with van der Waals surface area (Å²) in [6, 6.07) is 11.2. The summed E-state index contributed by atoms with van der Waals surface area (Å²) in [4.78, 5) is 37.8. The molecule has 0 fully saturated rings. The van der Waals surface area contributed by atoms with Crippen molar-refractivity contribution in [3.8, 4) is 5.88 Å². The number of esters is 1. The van der Waals surface area contributed by atoms with Crippen molar-refractivity contribution in [3.63, 3.8) is 0 Å². The highest BCUT2D eigenvalue weighted by Gasteiger charge is 2.14. The summed E-state index contributed by atoms with van der Waals surface area (Å²) in [7, 11) is 0. The first kappa shape index (κ1) is 15.3. The molecule has 8 heteroatoms. The Bertz CT molecular complexity index is 1010. The fourth-order valence-electron chi connectivity index (χ4n) is 2.24. The molecule has 8 nitrogen and oxygen atoms in total. The van der Waals surface area contributed by atoms with Gasteiger partial charge in [-0.15, -0.1) is 0 Å². The van der Waals surface area contributed by atoms with Gasteiger partial charge in [0.2, 0.25) is 5.88 Å². The lowest BCUT2D eigenvalue weighted by Gasteiger charge is -2.11. The number of pyridine rings is 1. The Hall–Kier alpha value is -3.55. The first-order valence-corrected chi connectivity index (χ1v) is 6.92. The minimum absolute atomic E-state index is 0.0338. The zero-order chi connectivity index (χ0) is 17.3. The molecule has 0 bridgehead atoms. The van der Waals surface area contributed by atoms with Gasteiger partial charge in [-0.1, -0.05) is 6.07 Å². The largest absolute Gasteiger partial charge is 0.405 e. The van der Waals surface area contributed by atoms with E-state index in [4.69, 9.17) is 4.74 Å². The Morgan fingerprint density at radius 1 is 1.21 bits per heavy atom. The summed E-state index contributed by atoms with van der Waals surface area (Å²) in [5, 5.41) is 10.6. The number of carbonyl (C=O) groups excluding carboxylic acids is 1. The van der Waals surface area contributed by atoms with Gasteiger partial charge in [-0.05, 0) is 31.2 Å². The van der Waals surface area contributed by atoms with Gasteiger partial charge in [0.15, 0.2) is 0 Å². The van der Waals surface area contributed by atoms with Crippen LogP contribution in [0.4, 0.5) is 5.69 Å². The fourth-order valence-corrected chi connectivity index (χ4v) is 2.24. The van der Waals surface area contributed by atoms with Crippen molar-refractivity contribution in [2.75, 3.05) is 0 Å². The van der Waals surface area contributed by atoms with Gasteiger partial charge in [0.1, 0.15) is 5.65 Å². The van der Waals surface area contributed by atoms with Gasteiger partial charge in [0.05, 0.1) is 16.6 Å². The second-order valence-electron chi connectivity index (χ2n) is 4.99. The molecule has 3 rings (SSSR count). The molecule has 0 saturated heterocycles. The van der Waals surface area contributed by atoms with Crippen LogP contribution in [-0.2, 0) is 0 Å². The number of nitrogens with zero attached hydrogens (tertiary/aromatic N) is 3. The van der Waals surface area contributed by atoms with E-state index in [-0.39, 0.29) is 17.1 Å². The van der Waals surface area contributed by atoms with Gasteiger partial charge in [0, 0.05) is 17.8 Å². The molecule has 0 saturated carbocycles. The molecule has 120 valence electrons. The van der Waals surface area contributed by atoms with E-state index in [0.29, 0.717) is 5.65 Å². The Labute approximate surface area is 135 Å². The van der Waals surface area contributed by atoms with Crippen LogP contribution in [0.1, 0.15) is 16.1 Å². The number of nitro groups is 1. The number of aromatic nitrogens is 2. The SMILES string of the molecule is Cc1cccc2nc(=O)cc(OC(=O)c3ccc([N+](=O)[O-])cc3)n12. The average Bonchev–Trinajstić information content (AvgIpc) is 2.54. The van der Waals surface area contributed by atoms with Crippen molar-refractivity contribution in [3.05, 3.63) is 80.3 Å². The molecule has 0 unspecified atom stereocenters. The van der Waals surface area contributed by atoms with Crippen LogP contribution in [0.25, 0.3) is 5.65 Å². The maximum Gasteiger partial charge on any atom is 0.344 e. The smallest absolute Gasteiger partial charge is 0.344 e. The van der Waals surface area contributed by atoms with Crippen molar-refractivity contribution < 1.29 is 14.5 Å². The van der Waals surface area contributed by atoms with E-state index < -0.39 is 16.5 Å². The summed E-state index contributed by atoms with van der Waals surface area (Å²) < 4.78 is 6.82. The molecule has 2 aromatic heterocycles. The number of fused-ring (bicyclic) bond motifs is 1. The van der Waals surface area contributed by atoms with Gasteiger partial charge in [0.25, 0.3) is 11.2 Å². The number of hydrogen-bond acceptors (Lipinski definition) is 6. The Morgan fingerprint density at radius 3 is 2.58 bits per heavy atom. The average molecular weight is 325 g/mol. The molecule has 0 amide bonds. The highest BCUT2D eigenvalue weighted by molar-refractivity contribution is 5.91. The van der Waals surface area contributed by atoms with E-state index in [9.17, 15) is 19.7 Å². The summed E-state index contributed by atoms with van der Waals surface area (Å²) in [5.41, 5.74) is 0.549. The molecule has 0 spiro atoms. The molecule has 2 heterocycles. The molecule has 0 aliphatic heterocycles. The number of benzene rings is 1. The Kier molecular flexibility index (Phi) is 3.78. The van der Waals surface area contributed by atoms with Gasteiger partial charge >= 0.3 is 5.97 Å². The van der Waals surface area contributed by atoms with Crippen molar-refractivity contribution in [1.82, 2.24) is 9.38 Å². The Balaban J connectivity index is 1.99. The van der Waals surface area contributed by atoms with Crippen LogP contribution >= 0.6 is 0 Å². The number of nitro benzene ring substituents is 1. The number of rotatable bonds is 3. The molecule has 1 aromatic carbocycles. The van der Waals surface area contributed by atoms with Gasteiger partial charge in [-0.2, -0.15) is 4.98 Å². The topological polar surface area (TPSA) is 104 Å². The third-order valence-electron chi connectivity index (χ3n) is 3.37. The minimum atomic E-state index is -0.729. The van der Waals surface area contributed by atoms with Crippen molar-refractivity contribution >= 4 is 17.3 Å². The zero-order valence-corrected chi connectivity index (χ0v) is 12.5. The van der Waals surface area contributed by atoms with Crippen LogP contribution in [0.2, 0.25) is 0 Å². The van der Waals surface area contributed by atoms with Crippen LogP contribution in [0.15, 0.2) is 53.3 Å². The van der Waals surface area contributed by atoms with Crippen molar-refractivity contribution in [1.29, 1.82) is 0 Å². The number of ether oxygens (including phenoxy) is 1. The first-order valence-electron chi connectivity index (χ1n) is 6.92. The Morgan fingerprint density at radius 2 is 1.92 bits per heavy atom. The van der Waals surface area contributed by atoms with Crippen molar-refractivity contribution in [2.24, 2.45) is 0 Å². The predicted molar refractivity (Wildman–Crippen MR) is 84.3 cm³/mol. The lowest BCUT2D eigenvalue weighted by molar-refractivity contribution is -0.384. The van der Waals surface area contributed by atoms with Crippen molar-refractivity contribution in [2.45, 2.75) is 6.92 Å². The normalized spacial score (nSPS) is 10.5. The molecular formula is C16H11N3O5. The summed E-state index contributed by atoms with van der Waals surface area (Å²) in [5.74, 6) is -0.695. The van der Waals surface area contributed by atoms with E-state index in [0.717, 1.165) is 11.8 Å². The third kappa shape index (κ3) is 2.84. The van der Waals surface area contributed by atoms with Crippen LogP contribution in [0, 0.1) is 17.0 Å². The summed E-state index contributed by atoms with van der Waals surface area (Å²) in [6.45, 7) is 1.78. The van der Waals surface area contributed by atoms with Gasteiger partial charge in [-0.3, -0.25) is 19.3 Å². The zero-order valence-electron chi connectivity index (χ0n) is 12.5. The van der Waals surface area contributed by atoms with E-state index >= 15 is 0 Å². The standard InChI is InChI=1S/C16H11N3O5/c1-10-3-2-4-13-17-14(20)9-15(18(10)13)24-16(21)11-5-7-12(8-6-11)19(22)23/h2-9H,1H3. The highest BCUT2D eigenvalue weighted by Crippen LogP contribution is 2.17. The quantitative estimate of drug-likeness (QED) is 0.415. The lowest BCUT2D eigenvalue weighted by atomic mass is 10.2. The predicted octanol–water partition coefficient (Wildman–Crippen LogP) is 2.13. The maximum atomic E-state index is 12.2. The highest BCUT2D eigenvalue weighted by atomic mass is 16.6. The van der Waals surface area contributed by atoms with Crippen LogP contribution in [0.5, 0.6) is 5.88 Å². The van der Waals surface area contributed by atoms with Crippen LogP contribution in [-0.4, -0.2) is 20.3 Å². The molecular weight excluding hydrogens is 314 g/mol.